The van der Waals surface area contributed by atoms with Crippen LogP contribution in [0.5, 0.6) is 5.75 Å². The van der Waals surface area contributed by atoms with Crippen LogP contribution in [-0.2, 0) is 6.54 Å². The highest BCUT2D eigenvalue weighted by molar-refractivity contribution is 6.32. The Kier molecular flexibility index (Phi) is 7.02. The van der Waals surface area contributed by atoms with Crippen molar-refractivity contribution < 1.29 is 9.53 Å². The van der Waals surface area contributed by atoms with E-state index in [9.17, 15) is 4.79 Å². The zero-order valence-corrected chi connectivity index (χ0v) is 18.6. The molecular weight excluding hydrogens is 424 g/mol. The van der Waals surface area contributed by atoms with Crippen molar-refractivity contribution in [2.45, 2.75) is 32.4 Å². The van der Waals surface area contributed by atoms with Gasteiger partial charge in [-0.05, 0) is 56.2 Å². The molecule has 0 aliphatic rings. The van der Waals surface area contributed by atoms with Crippen molar-refractivity contribution >= 4 is 28.5 Å². The van der Waals surface area contributed by atoms with Crippen LogP contribution in [0.15, 0.2) is 73.1 Å². The van der Waals surface area contributed by atoms with E-state index < -0.39 is 0 Å². The van der Waals surface area contributed by atoms with Crippen molar-refractivity contribution in [1.29, 1.82) is 0 Å². The Labute approximate surface area is 192 Å². The number of unbranched alkanes of at least 4 members (excludes halogenated alkanes) is 1. The van der Waals surface area contributed by atoms with Gasteiger partial charge in [0, 0.05) is 18.9 Å². The third-order valence-corrected chi connectivity index (χ3v) is 5.53. The van der Waals surface area contributed by atoms with Crippen LogP contribution >= 0.6 is 11.6 Å². The Morgan fingerprint density at radius 2 is 1.91 bits per heavy atom. The van der Waals surface area contributed by atoms with E-state index in [0.717, 1.165) is 36.2 Å². The average Bonchev–Trinajstić information content (AvgIpc) is 3.19. The minimum absolute atomic E-state index is 0.169. The Balaban J connectivity index is 1.43. The average molecular weight is 449 g/mol. The van der Waals surface area contributed by atoms with Crippen LogP contribution < -0.4 is 10.1 Å². The first-order valence-electron chi connectivity index (χ1n) is 10.7. The van der Waals surface area contributed by atoms with E-state index >= 15 is 0 Å². The van der Waals surface area contributed by atoms with E-state index in [4.69, 9.17) is 21.3 Å². The van der Waals surface area contributed by atoms with Crippen LogP contribution in [0.1, 0.15) is 42.0 Å². The van der Waals surface area contributed by atoms with Crippen LogP contribution in [0.4, 0.5) is 0 Å². The molecule has 1 amide bonds. The molecule has 0 saturated carbocycles. The van der Waals surface area contributed by atoms with Gasteiger partial charge in [-0.1, -0.05) is 35.9 Å². The highest BCUT2D eigenvalue weighted by Crippen LogP contribution is 2.24. The number of pyridine rings is 1. The molecule has 0 aliphatic carbocycles. The van der Waals surface area contributed by atoms with E-state index in [2.05, 4.69) is 20.9 Å². The summed E-state index contributed by atoms with van der Waals surface area (Å²) in [4.78, 5) is 21.4. The highest BCUT2D eigenvalue weighted by Gasteiger charge is 2.19. The lowest BCUT2D eigenvalue weighted by molar-refractivity contribution is 0.0937. The number of para-hydroxylation sites is 3. The summed E-state index contributed by atoms with van der Waals surface area (Å²) in [7, 11) is 0. The van der Waals surface area contributed by atoms with E-state index in [1.54, 1.807) is 24.5 Å². The normalized spacial score (nSPS) is 11.9. The quantitative estimate of drug-likeness (QED) is 0.346. The lowest BCUT2D eigenvalue weighted by atomic mass is 10.2. The van der Waals surface area contributed by atoms with Crippen molar-refractivity contribution in [3.63, 3.8) is 0 Å². The predicted octanol–water partition coefficient (Wildman–Crippen LogP) is 5.43. The van der Waals surface area contributed by atoms with Gasteiger partial charge >= 0.3 is 0 Å². The smallest absolute Gasteiger partial charge is 0.253 e. The number of aromatic nitrogens is 3. The van der Waals surface area contributed by atoms with Gasteiger partial charge in [-0.15, -0.1) is 0 Å². The summed E-state index contributed by atoms with van der Waals surface area (Å²) in [5.74, 6) is 1.36. The van der Waals surface area contributed by atoms with Crippen LogP contribution in [0.3, 0.4) is 0 Å². The second-order valence-electron chi connectivity index (χ2n) is 7.53. The van der Waals surface area contributed by atoms with E-state index in [1.165, 1.54) is 0 Å². The molecule has 0 aliphatic heterocycles. The molecule has 6 nitrogen and oxygen atoms in total. The molecule has 0 bridgehead atoms. The van der Waals surface area contributed by atoms with Gasteiger partial charge in [-0.3, -0.25) is 9.78 Å². The Morgan fingerprint density at radius 1 is 1.09 bits per heavy atom. The second-order valence-corrected chi connectivity index (χ2v) is 7.94. The van der Waals surface area contributed by atoms with E-state index in [-0.39, 0.29) is 11.9 Å². The molecule has 2 aromatic heterocycles. The molecule has 1 N–H and O–H groups in total. The summed E-state index contributed by atoms with van der Waals surface area (Å²) in [6, 6.07) is 18.8. The van der Waals surface area contributed by atoms with Crippen LogP contribution in [0.2, 0.25) is 5.02 Å². The van der Waals surface area contributed by atoms with Gasteiger partial charge in [0.1, 0.15) is 11.6 Å². The largest absolute Gasteiger partial charge is 0.492 e. The van der Waals surface area contributed by atoms with Gasteiger partial charge in [0.05, 0.1) is 34.3 Å². The summed E-state index contributed by atoms with van der Waals surface area (Å²) in [6.07, 6.45) is 4.98. The molecular formula is C25H25ClN4O2. The summed E-state index contributed by atoms with van der Waals surface area (Å²) in [5, 5.41) is 3.66. The number of hydrogen-bond acceptors (Lipinski definition) is 4. The molecule has 0 radical (unpaired) electrons. The van der Waals surface area contributed by atoms with E-state index in [1.807, 2.05) is 49.4 Å². The summed E-state index contributed by atoms with van der Waals surface area (Å²) < 4.78 is 7.98. The SMILES string of the molecule is CC(NC(=O)c1cccnc1)c1nc2ccccc2n1CCCCOc1ccccc1Cl. The number of fused-ring (bicyclic) bond motifs is 1. The molecule has 1 unspecified atom stereocenters. The number of aryl methyl sites for hydroxylation is 1. The molecule has 1 atom stereocenters. The number of halogens is 1. The third-order valence-electron chi connectivity index (χ3n) is 5.21. The molecule has 0 saturated heterocycles. The predicted molar refractivity (Wildman–Crippen MR) is 126 cm³/mol. The number of carbonyl (C=O) groups is 1. The van der Waals surface area contributed by atoms with Gasteiger partial charge in [0.25, 0.3) is 5.91 Å². The first-order valence-corrected chi connectivity index (χ1v) is 11.0. The Bertz CT molecular complexity index is 1190. The molecule has 2 aromatic carbocycles. The van der Waals surface area contributed by atoms with Gasteiger partial charge in [-0.2, -0.15) is 0 Å². The topological polar surface area (TPSA) is 69.0 Å². The Hall–Kier alpha value is -3.38. The minimum atomic E-state index is -0.255. The number of benzene rings is 2. The molecule has 0 fully saturated rings. The van der Waals surface area contributed by atoms with Crippen molar-refractivity contribution in [2.75, 3.05) is 6.61 Å². The molecule has 4 aromatic rings. The fourth-order valence-electron chi connectivity index (χ4n) is 3.62. The number of amides is 1. The molecule has 0 spiro atoms. The number of hydrogen-bond donors (Lipinski definition) is 1. The zero-order chi connectivity index (χ0) is 22.3. The van der Waals surface area contributed by atoms with Gasteiger partial charge in [0.2, 0.25) is 0 Å². The summed E-state index contributed by atoms with van der Waals surface area (Å²) in [5.41, 5.74) is 2.49. The van der Waals surface area contributed by atoms with Crippen molar-refractivity contribution in [3.8, 4) is 5.75 Å². The van der Waals surface area contributed by atoms with Crippen molar-refractivity contribution in [1.82, 2.24) is 19.9 Å². The highest BCUT2D eigenvalue weighted by atomic mass is 35.5. The molecule has 4 rings (SSSR count). The van der Waals surface area contributed by atoms with Crippen LogP contribution in [-0.4, -0.2) is 27.0 Å². The number of rotatable bonds is 9. The van der Waals surface area contributed by atoms with Crippen molar-refractivity contribution in [3.05, 3.63) is 89.5 Å². The first-order chi connectivity index (χ1) is 15.6. The fraction of sp³-hybridized carbons (Fsp3) is 0.240. The maximum atomic E-state index is 12.6. The summed E-state index contributed by atoms with van der Waals surface area (Å²) in [6.45, 7) is 3.31. The van der Waals surface area contributed by atoms with Crippen molar-refractivity contribution in [2.24, 2.45) is 0 Å². The number of carbonyl (C=O) groups excluding carboxylic acids is 1. The van der Waals surface area contributed by atoms with Crippen LogP contribution in [0, 0.1) is 0 Å². The number of imidazole rings is 1. The molecule has 2 heterocycles. The second kappa shape index (κ2) is 10.3. The molecule has 7 heteroatoms. The van der Waals surface area contributed by atoms with E-state index in [0.29, 0.717) is 22.9 Å². The zero-order valence-electron chi connectivity index (χ0n) is 17.9. The van der Waals surface area contributed by atoms with Crippen LogP contribution in [0.25, 0.3) is 11.0 Å². The lowest BCUT2D eigenvalue weighted by Gasteiger charge is -2.16. The maximum Gasteiger partial charge on any atom is 0.253 e. The standard InChI is InChI=1S/C25H25ClN4O2/c1-18(28-25(31)19-9-8-14-27-17-19)24-29-21-11-3-4-12-22(21)30(24)15-6-7-16-32-23-13-5-2-10-20(23)26/h2-5,8-14,17-18H,6-7,15-16H2,1H3,(H,28,31). The fourth-order valence-corrected chi connectivity index (χ4v) is 3.81. The maximum absolute atomic E-state index is 12.6. The first kappa shape index (κ1) is 21.8. The molecule has 32 heavy (non-hydrogen) atoms. The summed E-state index contributed by atoms with van der Waals surface area (Å²) >= 11 is 6.15. The number of nitrogens with one attached hydrogen (secondary N) is 1. The Morgan fingerprint density at radius 3 is 2.72 bits per heavy atom. The number of nitrogens with zero attached hydrogens (tertiary/aromatic N) is 3. The van der Waals surface area contributed by atoms with Gasteiger partial charge in [-0.25, -0.2) is 4.98 Å². The minimum Gasteiger partial charge on any atom is -0.492 e. The number of ether oxygens (including phenoxy) is 1. The lowest BCUT2D eigenvalue weighted by Crippen LogP contribution is -2.28. The monoisotopic (exact) mass is 448 g/mol. The van der Waals surface area contributed by atoms with Gasteiger partial charge in [0.15, 0.2) is 0 Å². The molecule has 164 valence electrons. The van der Waals surface area contributed by atoms with Gasteiger partial charge < -0.3 is 14.6 Å². The third kappa shape index (κ3) is 5.08.